The lowest BCUT2D eigenvalue weighted by atomic mass is 10.1. The van der Waals surface area contributed by atoms with Crippen molar-refractivity contribution in [3.63, 3.8) is 0 Å². The van der Waals surface area contributed by atoms with Crippen LogP contribution >= 0.6 is 15.9 Å². The number of nitrogens with zero attached hydrogens (tertiary/aromatic N) is 1. The summed E-state index contributed by atoms with van der Waals surface area (Å²) < 4.78 is 20.3. The molecule has 0 saturated heterocycles. The second kappa shape index (κ2) is 12.3. The number of para-hydroxylation sites is 1. The van der Waals surface area contributed by atoms with Crippen molar-refractivity contribution in [3.8, 4) is 5.75 Å². The van der Waals surface area contributed by atoms with E-state index in [4.69, 9.17) is 10.8 Å². The largest absolute Gasteiger partial charge is 0.493 e. The highest BCUT2D eigenvalue weighted by molar-refractivity contribution is 9.10. The zero-order chi connectivity index (χ0) is 21.9. The van der Waals surface area contributed by atoms with Crippen LogP contribution in [0, 0.1) is 0 Å². The maximum Gasteiger partial charge on any atom is 0.305 e. The van der Waals surface area contributed by atoms with Gasteiger partial charge < -0.3 is 14.4 Å². The summed E-state index contributed by atoms with van der Waals surface area (Å²) >= 11 is 3.36. The molecule has 156 valence electrons. The number of hydrogen-bond donors (Lipinski definition) is 0. The topological polar surface area (TPSA) is 55.8 Å². The van der Waals surface area contributed by atoms with Gasteiger partial charge in [0.05, 0.1) is 14.6 Å². The third-order valence-electron chi connectivity index (χ3n) is 4.25. The lowest BCUT2D eigenvalue weighted by Crippen LogP contribution is -2.26. The van der Waals surface area contributed by atoms with Crippen LogP contribution in [0.5, 0.6) is 5.75 Å². The maximum atomic E-state index is 12.7. The number of benzene rings is 2. The SMILES string of the molecule is [2H]C(c1ccccc1OCCCCCC(=O)OCC)N(C)C(=O)c1ccc(Br)cc1. The van der Waals surface area contributed by atoms with E-state index in [0.717, 1.165) is 23.7 Å². The highest BCUT2D eigenvalue weighted by atomic mass is 79.9. The summed E-state index contributed by atoms with van der Waals surface area (Å²) in [7, 11) is 1.62. The molecular weight excluding hydrogens is 434 g/mol. The van der Waals surface area contributed by atoms with Gasteiger partial charge in [-0.25, -0.2) is 0 Å². The van der Waals surface area contributed by atoms with Crippen molar-refractivity contribution in [2.24, 2.45) is 0 Å². The molecule has 6 heteroatoms. The molecule has 0 saturated carbocycles. The average molecular weight is 463 g/mol. The van der Waals surface area contributed by atoms with Crippen molar-refractivity contribution in [1.29, 1.82) is 0 Å². The number of carbonyl (C=O) groups is 2. The van der Waals surface area contributed by atoms with E-state index >= 15 is 0 Å². The van der Waals surface area contributed by atoms with Crippen molar-refractivity contribution in [2.75, 3.05) is 20.3 Å². The summed E-state index contributed by atoms with van der Waals surface area (Å²) in [6, 6.07) is 14.4. The van der Waals surface area contributed by atoms with E-state index in [0.29, 0.717) is 36.5 Å². The molecule has 2 aromatic carbocycles. The fraction of sp³-hybridized carbons (Fsp3) is 0.391. The molecule has 0 heterocycles. The van der Waals surface area contributed by atoms with E-state index in [1.54, 1.807) is 44.3 Å². The number of amides is 1. The highest BCUT2D eigenvalue weighted by Crippen LogP contribution is 2.21. The normalized spacial score (nSPS) is 12.0. The number of hydrogen-bond acceptors (Lipinski definition) is 4. The quantitative estimate of drug-likeness (QED) is 0.339. The number of unbranched alkanes of at least 4 members (excludes halogenated alkanes) is 2. The van der Waals surface area contributed by atoms with E-state index in [1.807, 2.05) is 18.2 Å². The Hall–Kier alpha value is -2.34. The van der Waals surface area contributed by atoms with E-state index in [9.17, 15) is 9.59 Å². The molecule has 1 amide bonds. The van der Waals surface area contributed by atoms with Crippen LogP contribution in [0.25, 0.3) is 0 Å². The number of esters is 1. The Kier molecular flexibility index (Phi) is 9.04. The summed E-state index contributed by atoms with van der Waals surface area (Å²) in [6.45, 7) is 1.80. The number of rotatable bonds is 11. The minimum absolute atomic E-state index is 0.167. The zero-order valence-electron chi connectivity index (χ0n) is 17.9. The van der Waals surface area contributed by atoms with E-state index in [1.165, 1.54) is 4.90 Å². The van der Waals surface area contributed by atoms with Gasteiger partial charge in [-0.05, 0) is 56.5 Å². The lowest BCUT2D eigenvalue weighted by molar-refractivity contribution is -0.143. The molecule has 0 aliphatic heterocycles. The summed E-state index contributed by atoms with van der Waals surface area (Å²) in [6.07, 6.45) is 2.83. The zero-order valence-corrected chi connectivity index (χ0v) is 18.5. The van der Waals surface area contributed by atoms with Crippen molar-refractivity contribution in [1.82, 2.24) is 4.90 Å². The van der Waals surface area contributed by atoms with Crippen molar-refractivity contribution in [3.05, 3.63) is 64.1 Å². The third kappa shape index (κ3) is 7.89. The van der Waals surface area contributed by atoms with E-state index in [2.05, 4.69) is 15.9 Å². The number of halogens is 1. The molecule has 0 aliphatic carbocycles. The Morgan fingerprint density at radius 3 is 2.52 bits per heavy atom. The fourth-order valence-electron chi connectivity index (χ4n) is 2.75. The third-order valence-corrected chi connectivity index (χ3v) is 4.78. The molecule has 0 bridgehead atoms. The van der Waals surface area contributed by atoms with Crippen LogP contribution in [0.3, 0.4) is 0 Å². The van der Waals surface area contributed by atoms with Gasteiger partial charge in [0.2, 0.25) is 0 Å². The van der Waals surface area contributed by atoms with Crippen molar-refractivity contribution in [2.45, 2.75) is 39.1 Å². The molecule has 0 fully saturated rings. The molecular formula is C23H28BrNO4. The fourth-order valence-corrected chi connectivity index (χ4v) is 3.01. The molecule has 0 N–H and O–H groups in total. The van der Waals surface area contributed by atoms with Gasteiger partial charge in [0.1, 0.15) is 5.75 Å². The molecule has 0 aliphatic rings. The van der Waals surface area contributed by atoms with Crippen LogP contribution in [0.4, 0.5) is 0 Å². The first-order chi connectivity index (χ1) is 14.4. The first-order valence-electron chi connectivity index (χ1n) is 10.3. The van der Waals surface area contributed by atoms with Gasteiger partial charge in [-0.1, -0.05) is 34.1 Å². The Balaban J connectivity index is 1.91. The van der Waals surface area contributed by atoms with Gasteiger partial charge in [-0.2, -0.15) is 0 Å². The lowest BCUT2D eigenvalue weighted by Gasteiger charge is -2.19. The molecule has 2 aromatic rings. The minimum Gasteiger partial charge on any atom is -0.493 e. The Morgan fingerprint density at radius 1 is 1.07 bits per heavy atom. The smallest absolute Gasteiger partial charge is 0.305 e. The second-order valence-electron chi connectivity index (χ2n) is 6.55. The molecule has 29 heavy (non-hydrogen) atoms. The van der Waals surface area contributed by atoms with Gasteiger partial charge in [-0.3, -0.25) is 9.59 Å². The van der Waals surface area contributed by atoms with Gasteiger partial charge in [0, 0.05) is 35.6 Å². The van der Waals surface area contributed by atoms with Crippen LogP contribution in [-0.2, 0) is 16.1 Å². The summed E-state index contributed by atoms with van der Waals surface area (Å²) in [4.78, 5) is 25.5. The van der Waals surface area contributed by atoms with Gasteiger partial charge >= 0.3 is 5.97 Å². The predicted octanol–water partition coefficient (Wildman–Crippen LogP) is 5.22. The molecule has 0 spiro atoms. The van der Waals surface area contributed by atoms with Gasteiger partial charge in [-0.15, -0.1) is 0 Å². The van der Waals surface area contributed by atoms with Crippen LogP contribution in [0.2, 0.25) is 0 Å². The molecule has 1 atom stereocenters. The second-order valence-corrected chi connectivity index (χ2v) is 7.47. The van der Waals surface area contributed by atoms with Crippen LogP contribution in [-0.4, -0.2) is 37.0 Å². The molecule has 0 radical (unpaired) electrons. The first kappa shape index (κ1) is 21.4. The van der Waals surface area contributed by atoms with Crippen molar-refractivity contribution >= 4 is 27.8 Å². The summed E-state index contributed by atoms with van der Waals surface area (Å²) in [5.74, 6) is 0.203. The number of ether oxygens (including phenoxy) is 2. The van der Waals surface area contributed by atoms with Crippen LogP contribution in [0.1, 0.15) is 49.9 Å². The average Bonchev–Trinajstić information content (AvgIpc) is 2.75. The molecule has 2 rings (SSSR count). The van der Waals surface area contributed by atoms with Crippen molar-refractivity contribution < 1.29 is 20.4 Å². The van der Waals surface area contributed by atoms with Gasteiger partial charge in [0.15, 0.2) is 0 Å². The highest BCUT2D eigenvalue weighted by Gasteiger charge is 2.14. The standard InChI is InChI=1S/C23H28BrNO4/c1-3-28-22(26)11-5-4-8-16-29-21-10-7-6-9-19(21)17-25(2)23(27)18-12-14-20(24)15-13-18/h6-7,9-10,12-15H,3-5,8,11,16-17H2,1-2H3/i17D. The van der Waals surface area contributed by atoms with Gasteiger partial charge in [0.25, 0.3) is 5.91 Å². The summed E-state index contributed by atoms with van der Waals surface area (Å²) in [5.41, 5.74) is 1.16. The minimum atomic E-state index is -0.888. The van der Waals surface area contributed by atoms with E-state index in [-0.39, 0.29) is 11.9 Å². The Labute approximate surface area is 182 Å². The van der Waals surface area contributed by atoms with Crippen LogP contribution in [0.15, 0.2) is 53.0 Å². The summed E-state index contributed by atoms with van der Waals surface area (Å²) in [5, 5.41) is 0. The Morgan fingerprint density at radius 2 is 1.79 bits per heavy atom. The first-order valence-corrected chi connectivity index (χ1v) is 10.6. The Bertz CT molecular complexity index is 828. The maximum absolute atomic E-state index is 12.7. The monoisotopic (exact) mass is 462 g/mol. The molecule has 1 unspecified atom stereocenters. The molecule has 5 nitrogen and oxygen atoms in total. The van der Waals surface area contributed by atoms with Crippen LogP contribution < -0.4 is 4.74 Å². The predicted molar refractivity (Wildman–Crippen MR) is 117 cm³/mol. The number of carbonyl (C=O) groups excluding carboxylic acids is 2. The van der Waals surface area contributed by atoms with E-state index < -0.39 is 6.52 Å². The molecule has 0 aromatic heterocycles.